The van der Waals surface area contributed by atoms with Crippen molar-refractivity contribution >= 4 is 23.8 Å². The Balaban J connectivity index is 1.51. The molecule has 3 heterocycles. The average molecular weight is 378 g/mol. The Morgan fingerprint density at radius 2 is 2.18 bits per heavy atom. The van der Waals surface area contributed by atoms with Crippen LogP contribution in [0, 0.1) is 0 Å². The fraction of sp³-hybridized carbons (Fsp3) is 0.500. The monoisotopic (exact) mass is 378 g/mol. The van der Waals surface area contributed by atoms with Crippen molar-refractivity contribution in [3.8, 4) is 0 Å². The van der Waals surface area contributed by atoms with Gasteiger partial charge < -0.3 is 14.5 Å². The van der Waals surface area contributed by atoms with Crippen LogP contribution < -0.4 is 0 Å². The van der Waals surface area contributed by atoms with Crippen molar-refractivity contribution < 1.29 is 9.53 Å². The summed E-state index contributed by atoms with van der Waals surface area (Å²) in [6.45, 7) is 2.26. The van der Waals surface area contributed by atoms with Crippen LogP contribution >= 0.6 is 0 Å². The molecule has 1 unspecified atom stereocenters. The van der Waals surface area contributed by atoms with Crippen LogP contribution in [0.25, 0.3) is 5.70 Å². The second-order valence-corrected chi connectivity index (χ2v) is 8.03. The highest BCUT2D eigenvalue weighted by molar-refractivity contribution is 6.09. The number of amides is 1. The summed E-state index contributed by atoms with van der Waals surface area (Å²) in [6, 6.07) is 6.71. The summed E-state index contributed by atoms with van der Waals surface area (Å²) in [5.41, 5.74) is 5.11. The number of carbonyl (C=O) groups is 1. The molecule has 5 rings (SSSR count). The topological polar surface area (TPSA) is 57.5 Å². The zero-order valence-electron chi connectivity index (χ0n) is 16.3. The van der Waals surface area contributed by atoms with Gasteiger partial charge in [-0.1, -0.05) is 24.6 Å². The maximum atomic E-state index is 12.8. The second-order valence-electron chi connectivity index (χ2n) is 8.03. The summed E-state index contributed by atoms with van der Waals surface area (Å²) in [4.78, 5) is 25.8. The third kappa shape index (κ3) is 2.96. The van der Waals surface area contributed by atoms with Crippen LogP contribution in [0.3, 0.4) is 0 Å². The quantitative estimate of drug-likeness (QED) is 0.812. The molecule has 6 nitrogen and oxygen atoms in total. The van der Waals surface area contributed by atoms with Gasteiger partial charge in [0.05, 0.1) is 31.2 Å². The SMILES string of the molecule is COCC1CN(C2=NCC(=O)N3CCc4c(cccc4C4CCC4)C3=C2)C=N1. The van der Waals surface area contributed by atoms with E-state index in [1.165, 1.54) is 36.0 Å². The summed E-state index contributed by atoms with van der Waals surface area (Å²) in [7, 11) is 1.69. The molecule has 28 heavy (non-hydrogen) atoms. The molecule has 1 aromatic carbocycles. The number of methoxy groups -OCH3 is 1. The van der Waals surface area contributed by atoms with Crippen molar-refractivity contribution in [2.24, 2.45) is 9.98 Å². The zero-order chi connectivity index (χ0) is 19.1. The molecule has 3 aliphatic heterocycles. The lowest BCUT2D eigenvalue weighted by atomic mass is 9.76. The van der Waals surface area contributed by atoms with Crippen LogP contribution in [0.1, 0.15) is 41.9 Å². The average Bonchev–Trinajstić information content (AvgIpc) is 3.05. The molecule has 0 spiro atoms. The second kappa shape index (κ2) is 7.17. The van der Waals surface area contributed by atoms with Gasteiger partial charge in [0.25, 0.3) is 0 Å². The Morgan fingerprint density at radius 1 is 1.29 bits per heavy atom. The fourth-order valence-corrected chi connectivity index (χ4v) is 4.64. The summed E-state index contributed by atoms with van der Waals surface area (Å²) in [5.74, 6) is 1.58. The predicted octanol–water partition coefficient (Wildman–Crippen LogP) is 2.45. The molecule has 1 aliphatic carbocycles. The Bertz CT molecular complexity index is 885. The third-order valence-corrected chi connectivity index (χ3v) is 6.33. The van der Waals surface area contributed by atoms with Crippen LogP contribution in [0.15, 0.2) is 34.3 Å². The molecule has 0 N–H and O–H groups in total. The van der Waals surface area contributed by atoms with E-state index in [4.69, 9.17) is 4.74 Å². The number of carbonyl (C=O) groups excluding carboxylic acids is 1. The molecule has 6 heteroatoms. The van der Waals surface area contributed by atoms with Crippen molar-refractivity contribution in [1.82, 2.24) is 9.80 Å². The predicted molar refractivity (Wildman–Crippen MR) is 110 cm³/mol. The van der Waals surface area contributed by atoms with Crippen LogP contribution in [0.4, 0.5) is 0 Å². The summed E-state index contributed by atoms with van der Waals surface area (Å²) >= 11 is 0. The first-order chi connectivity index (χ1) is 13.7. The normalized spacial score (nSPS) is 24.3. The molecular weight excluding hydrogens is 352 g/mol. The van der Waals surface area contributed by atoms with Crippen LogP contribution in [0.2, 0.25) is 0 Å². The number of hydrogen-bond donors (Lipinski definition) is 0. The summed E-state index contributed by atoms with van der Waals surface area (Å²) < 4.78 is 5.23. The lowest BCUT2D eigenvalue weighted by molar-refractivity contribution is -0.126. The Kier molecular flexibility index (Phi) is 4.51. The number of nitrogens with zero attached hydrogens (tertiary/aromatic N) is 4. The number of rotatable bonds is 3. The van der Waals surface area contributed by atoms with Gasteiger partial charge in [-0.25, -0.2) is 0 Å². The van der Waals surface area contributed by atoms with E-state index in [0.717, 1.165) is 31.0 Å². The van der Waals surface area contributed by atoms with Crippen molar-refractivity contribution in [1.29, 1.82) is 0 Å². The van der Waals surface area contributed by atoms with E-state index in [1.54, 1.807) is 7.11 Å². The molecule has 1 fully saturated rings. The van der Waals surface area contributed by atoms with E-state index in [1.807, 2.05) is 16.1 Å². The molecule has 1 aromatic rings. The Hall–Kier alpha value is -2.47. The Labute approximate surface area is 165 Å². The van der Waals surface area contributed by atoms with Gasteiger partial charge in [-0.05, 0) is 36.3 Å². The number of aliphatic imine (C=N–C) groups is 2. The van der Waals surface area contributed by atoms with E-state index < -0.39 is 0 Å². The van der Waals surface area contributed by atoms with E-state index >= 15 is 0 Å². The van der Waals surface area contributed by atoms with Crippen molar-refractivity contribution in [3.05, 3.63) is 41.0 Å². The maximum absolute atomic E-state index is 12.8. The van der Waals surface area contributed by atoms with Crippen LogP contribution in [-0.2, 0) is 16.0 Å². The molecule has 1 amide bonds. The largest absolute Gasteiger partial charge is 0.382 e. The first-order valence-electron chi connectivity index (χ1n) is 10.2. The molecule has 1 saturated carbocycles. The number of fused-ring (bicyclic) bond motifs is 3. The van der Waals surface area contributed by atoms with E-state index in [2.05, 4.69) is 34.3 Å². The summed E-state index contributed by atoms with van der Waals surface area (Å²) in [6.07, 6.45) is 8.74. The van der Waals surface area contributed by atoms with Gasteiger partial charge in [0, 0.05) is 25.3 Å². The van der Waals surface area contributed by atoms with Gasteiger partial charge in [-0.2, -0.15) is 0 Å². The highest BCUT2D eigenvalue weighted by Gasteiger charge is 2.32. The third-order valence-electron chi connectivity index (χ3n) is 6.33. The number of amidine groups is 1. The van der Waals surface area contributed by atoms with Gasteiger partial charge >= 0.3 is 0 Å². The highest BCUT2D eigenvalue weighted by Crippen LogP contribution is 2.42. The number of benzene rings is 1. The molecule has 1 atom stereocenters. The van der Waals surface area contributed by atoms with Gasteiger partial charge in [0.2, 0.25) is 5.91 Å². The van der Waals surface area contributed by atoms with E-state index in [9.17, 15) is 4.79 Å². The van der Waals surface area contributed by atoms with Gasteiger partial charge in [-0.3, -0.25) is 14.8 Å². The molecule has 0 radical (unpaired) electrons. The minimum atomic E-state index is 0.0746. The fourth-order valence-electron chi connectivity index (χ4n) is 4.64. The highest BCUT2D eigenvalue weighted by atomic mass is 16.5. The summed E-state index contributed by atoms with van der Waals surface area (Å²) in [5, 5.41) is 0. The molecule has 0 saturated heterocycles. The minimum absolute atomic E-state index is 0.0746. The lowest BCUT2D eigenvalue weighted by Crippen LogP contribution is -2.36. The molecule has 0 bridgehead atoms. The van der Waals surface area contributed by atoms with Crippen molar-refractivity contribution in [2.75, 3.05) is 33.4 Å². The lowest BCUT2D eigenvalue weighted by Gasteiger charge is -2.35. The van der Waals surface area contributed by atoms with Crippen molar-refractivity contribution in [2.45, 2.75) is 37.6 Å². The smallest absolute Gasteiger partial charge is 0.248 e. The standard InChI is InChI=1S/C22H26N4O2/c1-28-13-16-12-25(14-24-16)21-10-20-19-7-3-6-17(15-4-2-5-15)18(19)8-9-26(20)22(27)11-23-21/h3,6-7,10,14-16H,2,4-5,8-9,11-13H2,1H3. The van der Waals surface area contributed by atoms with Gasteiger partial charge in [0.1, 0.15) is 12.4 Å². The molecule has 146 valence electrons. The Morgan fingerprint density at radius 3 is 2.96 bits per heavy atom. The van der Waals surface area contributed by atoms with Gasteiger partial charge in [0.15, 0.2) is 0 Å². The number of ether oxygens (including phenoxy) is 1. The first kappa shape index (κ1) is 17.6. The molecule has 4 aliphatic rings. The minimum Gasteiger partial charge on any atom is -0.382 e. The first-order valence-corrected chi connectivity index (χ1v) is 10.2. The van der Waals surface area contributed by atoms with Crippen molar-refractivity contribution in [3.63, 3.8) is 0 Å². The molecule has 0 aromatic heterocycles. The maximum Gasteiger partial charge on any atom is 0.248 e. The van der Waals surface area contributed by atoms with E-state index in [0.29, 0.717) is 12.5 Å². The van der Waals surface area contributed by atoms with Crippen LogP contribution in [0.5, 0.6) is 0 Å². The van der Waals surface area contributed by atoms with Gasteiger partial charge in [-0.15, -0.1) is 0 Å². The van der Waals surface area contributed by atoms with E-state index in [-0.39, 0.29) is 18.5 Å². The van der Waals surface area contributed by atoms with Crippen LogP contribution in [-0.4, -0.2) is 67.3 Å². The molecular formula is C22H26N4O2. The number of hydrogen-bond acceptors (Lipinski definition) is 5. The zero-order valence-corrected chi connectivity index (χ0v) is 16.3.